The Kier molecular flexibility index (Phi) is 19.3. The summed E-state index contributed by atoms with van der Waals surface area (Å²) in [5, 5.41) is 6.93. The molecule has 2 rings (SSSR count). The number of halogens is 1. The molecule has 8 N–H and O–H groups in total. The minimum Gasteiger partial charge on any atom is -0.412 e. The predicted octanol–water partition coefficient (Wildman–Crippen LogP) is 2.43. The molecule has 1 saturated heterocycles. The molecule has 8 heteroatoms. The number of amides is 1. The molecule has 7 nitrogen and oxygen atoms in total. The van der Waals surface area contributed by atoms with Crippen molar-refractivity contribution in [2.75, 3.05) is 32.7 Å². The molecule has 0 aromatic rings. The highest BCUT2D eigenvalue weighted by molar-refractivity contribution is 6.20. The first-order valence-corrected chi connectivity index (χ1v) is 12.0. The van der Waals surface area contributed by atoms with Gasteiger partial charge in [0.25, 0.3) is 0 Å². The topological polar surface area (TPSA) is 139 Å². The number of nitrogens with one attached hydrogen (secondary N) is 2. The quantitative estimate of drug-likeness (QED) is 0.384. The molecular formula is C24H54ClN3O4. The first-order valence-electron chi connectivity index (χ1n) is 11.6. The van der Waals surface area contributed by atoms with Crippen LogP contribution in [0.15, 0.2) is 0 Å². The maximum Gasteiger partial charge on any atom is 0.221 e. The van der Waals surface area contributed by atoms with E-state index in [1.54, 1.807) is 0 Å². The Labute approximate surface area is 202 Å². The van der Waals surface area contributed by atoms with Gasteiger partial charge in [-0.25, -0.2) is 0 Å². The fourth-order valence-corrected chi connectivity index (χ4v) is 5.61. The maximum absolute atomic E-state index is 12.3. The number of hydrogen-bond donors (Lipinski definition) is 2. The van der Waals surface area contributed by atoms with Crippen molar-refractivity contribution in [2.45, 2.75) is 92.0 Å². The molecule has 0 aromatic carbocycles. The highest BCUT2D eigenvalue weighted by atomic mass is 35.5. The zero-order valence-corrected chi connectivity index (χ0v) is 21.2. The van der Waals surface area contributed by atoms with E-state index < -0.39 is 0 Å². The summed E-state index contributed by atoms with van der Waals surface area (Å²) in [5.74, 6) is 2.27. The Bertz CT molecular complexity index is 486. The molecule has 1 unspecified atom stereocenters. The Morgan fingerprint density at radius 3 is 2.19 bits per heavy atom. The van der Waals surface area contributed by atoms with Crippen molar-refractivity contribution in [1.29, 1.82) is 0 Å². The highest BCUT2D eigenvalue weighted by Gasteiger charge is 2.41. The second-order valence-electron chi connectivity index (χ2n) is 10.2. The lowest BCUT2D eigenvalue weighted by molar-refractivity contribution is -0.122. The van der Waals surface area contributed by atoms with Crippen molar-refractivity contribution < 1.29 is 21.2 Å². The third-order valence-electron chi connectivity index (χ3n) is 7.05. The third-order valence-corrected chi connectivity index (χ3v) is 7.48. The summed E-state index contributed by atoms with van der Waals surface area (Å²) in [4.78, 5) is 14.9. The SMILES string of the molecule is C.CCNCCC(=O)N[C@@H](CN1CCC(C2CCC(Cl)CC2)C(C)(C)C1)C(C)C.O.O.O. The fourth-order valence-electron chi connectivity index (χ4n) is 5.35. The summed E-state index contributed by atoms with van der Waals surface area (Å²) in [6, 6.07) is 0.230. The summed E-state index contributed by atoms with van der Waals surface area (Å²) in [5.41, 5.74) is 0.332. The van der Waals surface area contributed by atoms with Crippen LogP contribution in [0.1, 0.15) is 80.6 Å². The number of hydrogen-bond acceptors (Lipinski definition) is 3. The molecule has 32 heavy (non-hydrogen) atoms. The number of carbonyl (C=O) groups is 1. The van der Waals surface area contributed by atoms with Gasteiger partial charge in [-0.3, -0.25) is 4.79 Å². The second-order valence-corrected chi connectivity index (χ2v) is 10.8. The molecule has 1 aliphatic heterocycles. The number of rotatable bonds is 9. The lowest BCUT2D eigenvalue weighted by Gasteiger charge is -2.49. The van der Waals surface area contributed by atoms with Gasteiger partial charge in [0.2, 0.25) is 5.91 Å². The number of alkyl halides is 1. The summed E-state index contributed by atoms with van der Waals surface area (Å²) in [7, 11) is 0. The molecule has 2 atom stereocenters. The molecule has 1 amide bonds. The average molecular weight is 484 g/mol. The van der Waals surface area contributed by atoms with E-state index in [0.717, 1.165) is 44.6 Å². The predicted molar refractivity (Wildman–Crippen MR) is 137 cm³/mol. The standard InChI is InChI=1S/C23H44ClN3O.CH4.3H2O/c1-6-25-13-11-22(28)26-21(17(2)3)15-27-14-12-20(23(4,5)16-27)18-7-9-19(24)10-8-18;;;;/h17-21,25H,6-16H2,1-5H3,(H,26,28);1H4;3*1H2/t18?,19?,20?,21-;;;;/m0..../s1. The Morgan fingerprint density at radius 1 is 1.09 bits per heavy atom. The summed E-state index contributed by atoms with van der Waals surface area (Å²) in [6.45, 7) is 16.4. The Hall–Kier alpha value is -0.440. The van der Waals surface area contributed by atoms with Crippen molar-refractivity contribution in [1.82, 2.24) is 15.5 Å². The minimum absolute atomic E-state index is 0. The summed E-state index contributed by atoms with van der Waals surface area (Å²) in [6.07, 6.45) is 6.84. The highest BCUT2D eigenvalue weighted by Crippen LogP contribution is 2.45. The van der Waals surface area contributed by atoms with E-state index in [1.165, 1.54) is 32.1 Å². The zero-order valence-electron chi connectivity index (χ0n) is 20.4. The van der Waals surface area contributed by atoms with E-state index in [1.807, 2.05) is 0 Å². The van der Waals surface area contributed by atoms with E-state index in [9.17, 15) is 4.79 Å². The van der Waals surface area contributed by atoms with Crippen LogP contribution < -0.4 is 10.6 Å². The molecule has 0 radical (unpaired) electrons. The Morgan fingerprint density at radius 2 is 1.69 bits per heavy atom. The third kappa shape index (κ3) is 11.1. The van der Waals surface area contributed by atoms with Gasteiger partial charge in [0.1, 0.15) is 0 Å². The smallest absolute Gasteiger partial charge is 0.221 e. The molecule has 1 heterocycles. The molecule has 0 spiro atoms. The molecule has 2 aliphatic rings. The van der Waals surface area contributed by atoms with Gasteiger partial charge in [0.05, 0.1) is 0 Å². The molecule has 2 fully saturated rings. The van der Waals surface area contributed by atoms with Gasteiger partial charge in [0.15, 0.2) is 0 Å². The van der Waals surface area contributed by atoms with E-state index >= 15 is 0 Å². The maximum atomic E-state index is 12.3. The van der Waals surface area contributed by atoms with Crippen molar-refractivity contribution in [3.8, 4) is 0 Å². The normalized spacial score (nSPS) is 25.9. The van der Waals surface area contributed by atoms with Gasteiger partial charge in [-0.1, -0.05) is 42.0 Å². The first-order chi connectivity index (χ1) is 13.2. The van der Waals surface area contributed by atoms with Gasteiger partial charge in [-0.15, -0.1) is 11.6 Å². The lowest BCUT2D eigenvalue weighted by atomic mass is 9.64. The number of piperidine rings is 1. The summed E-state index contributed by atoms with van der Waals surface area (Å²) < 4.78 is 0. The molecule has 0 bridgehead atoms. The minimum atomic E-state index is 0. The summed E-state index contributed by atoms with van der Waals surface area (Å²) >= 11 is 6.34. The zero-order chi connectivity index (χ0) is 20.7. The van der Waals surface area contributed by atoms with E-state index in [4.69, 9.17) is 11.6 Å². The van der Waals surface area contributed by atoms with Crippen LogP contribution in [0.4, 0.5) is 0 Å². The molecule has 1 saturated carbocycles. The van der Waals surface area contributed by atoms with Crippen molar-refractivity contribution in [3.63, 3.8) is 0 Å². The fraction of sp³-hybridized carbons (Fsp3) is 0.958. The van der Waals surface area contributed by atoms with Crippen LogP contribution in [-0.2, 0) is 4.79 Å². The van der Waals surface area contributed by atoms with Gasteiger partial charge in [-0.05, 0) is 68.4 Å². The Balaban J connectivity index is -0.00000210. The molecular weight excluding hydrogens is 430 g/mol. The van der Waals surface area contributed by atoms with Crippen LogP contribution >= 0.6 is 11.6 Å². The number of likely N-dealkylation sites (tertiary alicyclic amines) is 1. The molecule has 196 valence electrons. The van der Waals surface area contributed by atoms with Gasteiger partial charge < -0.3 is 32.0 Å². The van der Waals surface area contributed by atoms with E-state index in [0.29, 0.717) is 23.1 Å². The first kappa shape index (κ1) is 36.1. The second kappa shape index (κ2) is 17.1. The van der Waals surface area contributed by atoms with Crippen molar-refractivity contribution in [2.24, 2.45) is 23.2 Å². The van der Waals surface area contributed by atoms with Gasteiger partial charge in [-0.2, -0.15) is 0 Å². The van der Waals surface area contributed by atoms with Crippen LogP contribution in [0.3, 0.4) is 0 Å². The largest absolute Gasteiger partial charge is 0.412 e. The number of carbonyl (C=O) groups excluding carboxylic acids is 1. The van der Waals surface area contributed by atoms with Crippen LogP contribution in [0.5, 0.6) is 0 Å². The molecule has 1 aliphatic carbocycles. The monoisotopic (exact) mass is 483 g/mol. The number of nitrogens with zero attached hydrogens (tertiary/aromatic N) is 1. The van der Waals surface area contributed by atoms with Crippen LogP contribution in [0, 0.1) is 23.2 Å². The van der Waals surface area contributed by atoms with Crippen molar-refractivity contribution >= 4 is 17.5 Å². The van der Waals surface area contributed by atoms with Crippen LogP contribution in [0.25, 0.3) is 0 Å². The van der Waals surface area contributed by atoms with E-state index in [2.05, 4.69) is 50.2 Å². The lowest BCUT2D eigenvalue weighted by Crippen LogP contribution is -2.54. The molecule has 0 aromatic heterocycles. The van der Waals surface area contributed by atoms with Crippen molar-refractivity contribution in [3.05, 3.63) is 0 Å². The van der Waals surface area contributed by atoms with Gasteiger partial charge >= 0.3 is 0 Å². The van der Waals surface area contributed by atoms with Crippen LogP contribution in [0.2, 0.25) is 0 Å². The van der Waals surface area contributed by atoms with Gasteiger partial charge in [0, 0.05) is 37.5 Å². The van der Waals surface area contributed by atoms with Crippen LogP contribution in [-0.4, -0.2) is 71.4 Å². The average Bonchev–Trinajstić information content (AvgIpc) is 2.62. The van der Waals surface area contributed by atoms with E-state index in [-0.39, 0.29) is 35.8 Å².